The number of carbonyl (C=O) groups excluding carboxylic acids is 1. The number of hydrogen-bond donors (Lipinski definition) is 1. The number of likely N-dealkylation sites (tertiary alicyclic amines) is 1. The van der Waals surface area contributed by atoms with E-state index in [0.717, 1.165) is 43.7 Å². The Labute approximate surface area is 101 Å². The highest BCUT2D eigenvalue weighted by atomic mass is 16.1. The fourth-order valence-corrected chi connectivity index (χ4v) is 2.90. The number of piperidine rings is 1. The molecule has 0 saturated carbocycles. The fourth-order valence-electron chi connectivity index (χ4n) is 2.90. The molecule has 1 fully saturated rings. The predicted molar refractivity (Wildman–Crippen MR) is 65.0 cm³/mol. The molecule has 1 N–H and O–H groups in total. The maximum atomic E-state index is 11.8. The highest BCUT2D eigenvalue weighted by Gasteiger charge is 2.42. The van der Waals surface area contributed by atoms with Crippen LogP contribution in [0.4, 0.5) is 0 Å². The zero-order valence-corrected chi connectivity index (χ0v) is 10.1. The molecule has 2 aliphatic heterocycles. The summed E-state index contributed by atoms with van der Waals surface area (Å²) in [5.74, 6) is 0.0256. The standard InChI is InChI=1S/C13H17N3O/c1-16-7-4-13(5-8-16)9-15-12(17)10-3-2-6-14-11(10)13/h2-3,6H,4-5,7-9H2,1H3,(H,15,17). The third kappa shape index (κ3) is 1.63. The van der Waals surface area contributed by atoms with Gasteiger partial charge in [-0.25, -0.2) is 0 Å². The van der Waals surface area contributed by atoms with Crippen molar-refractivity contribution in [1.29, 1.82) is 0 Å². The Bertz CT molecular complexity index is 450. The minimum Gasteiger partial charge on any atom is -0.351 e. The van der Waals surface area contributed by atoms with Crippen molar-refractivity contribution in [2.24, 2.45) is 0 Å². The monoisotopic (exact) mass is 231 g/mol. The smallest absolute Gasteiger partial charge is 0.253 e. The minimum absolute atomic E-state index is 0.0256. The lowest BCUT2D eigenvalue weighted by Crippen LogP contribution is -2.52. The molecule has 1 saturated heterocycles. The van der Waals surface area contributed by atoms with Gasteiger partial charge in [-0.15, -0.1) is 0 Å². The Kier molecular flexibility index (Phi) is 2.40. The quantitative estimate of drug-likeness (QED) is 0.718. The summed E-state index contributed by atoms with van der Waals surface area (Å²) in [6.07, 6.45) is 3.96. The first-order valence-electron chi connectivity index (χ1n) is 6.14. The zero-order valence-electron chi connectivity index (χ0n) is 10.1. The van der Waals surface area contributed by atoms with Crippen LogP contribution in [-0.4, -0.2) is 42.5 Å². The SMILES string of the molecule is CN1CCC2(CC1)CNC(=O)c1cccnc12. The predicted octanol–water partition coefficient (Wildman–Crippen LogP) is 0.788. The maximum absolute atomic E-state index is 11.8. The lowest BCUT2D eigenvalue weighted by atomic mass is 9.72. The molecule has 0 aromatic carbocycles. The van der Waals surface area contributed by atoms with Crippen LogP contribution in [0.3, 0.4) is 0 Å². The largest absolute Gasteiger partial charge is 0.351 e. The third-order valence-corrected chi connectivity index (χ3v) is 4.09. The molecule has 0 aliphatic carbocycles. The molecule has 3 heterocycles. The Morgan fingerprint density at radius 2 is 2.18 bits per heavy atom. The molecule has 3 rings (SSSR count). The molecule has 0 atom stereocenters. The van der Waals surface area contributed by atoms with E-state index in [-0.39, 0.29) is 11.3 Å². The van der Waals surface area contributed by atoms with Crippen molar-refractivity contribution in [3.05, 3.63) is 29.6 Å². The van der Waals surface area contributed by atoms with Gasteiger partial charge in [0.05, 0.1) is 11.3 Å². The van der Waals surface area contributed by atoms with Crippen LogP contribution < -0.4 is 5.32 Å². The second-order valence-electron chi connectivity index (χ2n) is 5.17. The van der Waals surface area contributed by atoms with E-state index in [1.165, 1.54) is 0 Å². The second-order valence-corrected chi connectivity index (χ2v) is 5.17. The highest BCUT2D eigenvalue weighted by molar-refractivity contribution is 5.96. The van der Waals surface area contributed by atoms with Gasteiger partial charge in [0.2, 0.25) is 0 Å². The number of aromatic nitrogens is 1. The van der Waals surface area contributed by atoms with Crippen LogP contribution in [0.5, 0.6) is 0 Å². The lowest BCUT2D eigenvalue weighted by molar-refractivity contribution is 0.0891. The third-order valence-electron chi connectivity index (χ3n) is 4.09. The van der Waals surface area contributed by atoms with E-state index in [4.69, 9.17) is 0 Å². The van der Waals surface area contributed by atoms with Crippen LogP contribution in [0.1, 0.15) is 28.9 Å². The molecule has 0 bridgehead atoms. The Morgan fingerprint density at radius 1 is 1.41 bits per heavy atom. The van der Waals surface area contributed by atoms with Gasteiger partial charge in [0.1, 0.15) is 0 Å². The summed E-state index contributed by atoms with van der Waals surface area (Å²) in [6, 6.07) is 3.73. The van der Waals surface area contributed by atoms with E-state index in [9.17, 15) is 4.79 Å². The topological polar surface area (TPSA) is 45.2 Å². The Balaban J connectivity index is 2.03. The number of hydrogen-bond acceptors (Lipinski definition) is 3. The molecule has 1 aromatic heterocycles. The lowest BCUT2D eigenvalue weighted by Gasteiger charge is -2.43. The van der Waals surface area contributed by atoms with E-state index >= 15 is 0 Å². The van der Waals surface area contributed by atoms with Crippen molar-refractivity contribution in [3.63, 3.8) is 0 Å². The summed E-state index contributed by atoms with van der Waals surface area (Å²) in [6.45, 7) is 2.89. The second kappa shape index (κ2) is 3.81. The van der Waals surface area contributed by atoms with Crippen molar-refractivity contribution in [2.75, 3.05) is 26.7 Å². The average molecular weight is 231 g/mol. The van der Waals surface area contributed by atoms with Gasteiger partial charge in [-0.1, -0.05) is 0 Å². The number of amides is 1. The molecule has 0 radical (unpaired) electrons. The normalized spacial score (nSPS) is 23.2. The molecule has 1 aromatic rings. The average Bonchev–Trinajstić information content (AvgIpc) is 2.38. The van der Waals surface area contributed by atoms with Gasteiger partial charge in [0.15, 0.2) is 0 Å². The minimum atomic E-state index is 0.0256. The van der Waals surface area contributed by atoms with E-state index in [1.54, 1.807) is 6.20 Å². The number of nitrogens with one attached hydrogen (secondary N) is 1. The Morgan fingerprint density at radius 3 is 2.94 bits per heavy atom. The van der Waals surface area contributed by atoms with Gasteiger partial charge >= 0.3 is 0 Å². The summed E-state index contributed by atoms with van der Waals surface area (Å²) >= 11 is 0. The van der Waals surface area contributed by atoms with Crippen LogP contribution in [-0.2, 0) is 5.41 Å². The molecule has 90 valence electrons. The molecule has 4 heteroatoms. The van der Waals surface area contributed by atoms with Crippen molar-refractivity contribution in [3.8, 4) is 0 Å². The molecule has 2 aliphatic rings. The summed E-state index contributed by atoms with van der Waals surface area (Å²) in [4.78, 5) is 18.6. The first kappa shape index (κ1) is 10.7. The van der Waals surface area contributed by atoms with E-state index in [1.807, 2.05) is 12.1 Å². The van der Waals surface area contributed by atoms with Crippen molar-refractivity contribution >= 4 is 5.91 Å². The van der Waals surface area contributed by atoms with Crippen molar-refractivity contribution in [2.45, 2.75) is 18.3 Å². The molecular weight excluding hydrogens is 214 g/mol. The molecular formula is C13H17N3O. The molecule has 1 spiro atoms. The zero-order chi connectivity index (χ0) is 11.9. The number of carbonyl (C=O) groups is 1. The first-order chi connectivity index (χ1) is 8.21. The van der Waals surface area contributed by atoms with E-state index < -0.39 is 0 Å². The molecule has 0 unspecified atom stereocenters. The Hall–Kier alpha value is -1.42. The van der Waals surface area contributed by atoms with Gasteiger partial charge in [0, 0.05) is 18.2 Å². The van der Waals surface area contributed by atoms with E-state index in [2.05, 4.69) is 22.2 Å². The molecule has 4 nitrogen and oxygen atoms in total. The first-order valence-corrected chi connectivity index (χ1v) is 6.14. The number of rotatable bonds is 0. The summed E-state index contributed by atoms with van der Waals surface area (Å²) in [5, 5.41) is 3.02. The van der Waals surface area contributed by atoms with Crippen LogP contribution in [0.25, 0.3) is 0 Å². The number of pyridine rings is 1. The van der Waals surface area contributed by atoms with Crippen LogP contribution >= 0.6 is 0 Å². The van der Waals surface area contributed by atoms with Crippen LogP contribution in [0.15, 0.2) is 18.3 Å². The van der Waals surface area contributed by atoms with Crippen molar-refractivity contribution < 1.29 is 4.79 Å². The molecule has 17 heavy (non-hydrogen) atoms. The fraction of sp³-hybridized carbons (Fsp3) is 0.538. The van der Waals surface area contributed by atoms with Crippen molar-refractivity contribution in [1.82, 2.24) is 15.2 Å². The van der Waals surface area contributed by atoms with Gasteiger partial charge in [-0.05, 0) is 45.1 Å². The number of fused-ring (bicyclic) bond motifs is 2. The highest BCUT2D eigenvalue weighted by Crippen LogP contribution is 2.37. The van der Waals surface area contributed by atoms with Crippen LogP contribution in [0, 0.1) is 0 Å². The van der Waals surface area contributed by atoms with Gasteiger partial charge in [-0.3, -0.25) is 9.78 Å². The van der Waals surface area contributed by atoms with E-state index in [0.29, 0.717) is 0 Å². The van der Waals surface area contributed by atoms with Gasteiger partial charge < -0.3 is 10.2 Å². The number of nitrogens with zero attached hydrogens (tertiary/aromatic N) is 2. The van der Waals surface area contributed by atoms with Gasteiger partial charge in [-0.2, -0.15) is 0 Å². The maximum Gasteiger partial charge on any atom is 0.253 e. The van der Waals surface area contributed by atoms with Gasteiger partial charge in [0.25, 0.3) is 5.91 Å². The van der Waals surface area contributed by atoms with Crippen LogP contribution in [0.2, 0.25) is 0 Å². The summed E-state index contributed by atoms with van der Waals surface area (Å²) in [7, 11) is 2.15. The summed E-state index contributed by atoms with van der Waals surface area (Å²) in [5.41, 5.74) is 1.84. The summed E-state index contributed by atoms with van der Waals surface area (Å²) < 4.78 is 0. The molecule has 1 amide bonds.